The number of unbranched alkanes of at least 4 members (excludes halogenated alkanes) is 1. The molecule has 4 heteroatoms. The maximum Gasteiger partial charge on any atom is 0.163 e. The van der Waals surface area contributed by atoms with Crippen molar-refractivity contribution in [1.82, 2.24) is 5.09 Å². The molecule has 3 nitrogen and oxygen atoms in total. The average Bonchev–Trinajstić information content (AvgIpc) is 1.80. The highest BCUT2D eigenvalue weighted by molar-refractivity contribution is 7.40. The minimum Gasteiger partial charge on any atom is -0.330 e. The Kier molecular flexibility index (Phi) is 5.94. The van der Waals surface area contributed by atoms with Gasteiger partial charge in [-0.3, -0.25) is 4.57 Å². The maximum absolute atomic E-state index is 10.3. The van der Waals surface area contributed by atoms with Gasteiger partial charge in [-0.05, 0) is 25.7 Å². The predicted molar refractivity (Wildman–Crippen MR) is 41.0 cm³/mol. The van der Waals surface area contributed by atoms with E-state index < -0.39 is 7.58 Å². The van der Waals surface area contributed by atoms with E-state index in [0.717, 1.165) is 19.4 Å². The third-order valence-electron chi connectivity index (χ3n) is 0.919. The van der Waals surface area contributed by atoms with Crippen molar-refractivity contribution in [2.45, 2.75) is 12.8 Å². The summed E-state index contributed by atoms with van der Waals surface area (Å²) in [6.45, 7) is 1.46. The van der Waals surface area contributed by atoms with Gasteiger partial charge in [0.25, 0.3) is 0 Å². The smallest absolute Gasteiger partial charge is 0.163 e. The summed E-state index contributed by atoms with van der Waals surface area (Å²) in [7, 11) is -1.41. The Morgan fingerprint density at radius 2 is 2.22 bits per heavy atom. The number of rotatable bonds is 5. The summed E-state index contributed by atoms with van der Waals surface area (Å²) >= 11 is 0. The zero-order valence-corrected chi connectivity index (χ0v) is 6.36. The van der Waals surface area contributed by atoms with Gasteiger partial charge in [0.15, 0.2) is 7.58 Å². The van der Waals surface area contributed by atoms with Crippen LogP contribution in [0.4, 0.5) is 0 Å². The minimum atomic E-state index is -1.41. The van der Waals surface area contributed by atoms with E-state index in [4.69, 9.17) is 5.73 Å². The summed E-state index contributed by atoms with van der Waals surface area (Å²) in [6.07, 6.45) is 5.26. The molecule has 0 aromatic heterocycles. The van der Waals surface area contributed by atoms with Gasteiger partial charge in [0.2, 0.25) is 0 Å². The van der Waals surface area contributed by atoms with Gasteiger partial charge in [-0.15, -0.1) is 0 Å². The second-order valence-electron chi connectivity index (χ2n) is 1.78. The van der Waals surface area contributed by atoms with Crippen LogP contribution in [0.15, 0.2) is 0 Å². The first kappa shape index (κ1) is 8.89. The molecule has 0 aliphatic heterocycles. The van der Waals surface area contributed by atoms with E-state index in [0.29, 0.717) is 6.54 Å². The van der Waals surface area contributed by atoms with Gasteiger partial charge in [-0.2, -0.15) is 0 Å². The van der Waals surface area contributed by atoms with Crippen molar-refractivity contribution in [2.24, 2.45) is 5.73 Å². The first-order valence-corrected chi connectivity index (χ1v) is 4.43. The Hall–Kier alpha value is -0.110. The Morgan fingerprint density at radius 3 is 2.67 bits per heavy atom. The summed E-state index contributed by atoms with van der Waals surface area (Å²) in [4.78, 5) is 0. The lowest BCUT2D eigenvalue weighted by Gasteiger charge is -1.94. The Labute approximate surface area is 56.1 Å². The first-order chi connectivity index (χ1) is 4.27. The molecule has 0 saturated heterocycles. The highest BCUT2D eigenvalue weighted by Crippen LogP contribution is 1.93. The molecule has 0 amide bonds. The van der Waals surface area contributed by atoms with Gasteiger partial charge in [0.1, 0.15) is 0 Å². The van der Waals surface area contributed by atoms with Crippen LogP contribution in [-0.2, 0) is 4.57 Å². The van der Waals surface area contributed by atoms with Crippen LogP contribution >= 0.6 is 7.58 Å². The van der Waals surface area contributed by atoms with Crippen molar-refractivity contribution < 1.29 is 4.57 Å². The van der Waals surface area contributed by atoms with Gasteiger partial charge in [0, 0.05) is 6.54 Å². The van der Waals surface area contributed by atoms with Crippen LogP contribution in [-0.4, -0.2) is 19.4 Å². The predicted octanol–water partition coefficient (Wildman–Crippen LogP) is 0.489. The van der Waals surface area contributed by atoms with Gasteiger partial charge in [0.05, 0.1) is 0 Å². The molecule has 0 aliphatic carbocycles. The van der Waals surface area contributed by atoms with Crippen LogP contribution in [0.2, 0.25) is 0 Å². The normalized spacial score (nSPS) is 11.4. The lowest BCUT2D eigenvalue weighted by molar-refractivity contribution is 0.586. The highest BCUT2D eigenvalue weighted by Gasteiger charge is 1.84. The molecule has 0 rings (SSSR count). The SMILES string of the molecule is C=P(=O)NCCCCN. The van der Waals surface area contributed by atoms with Crippen LogP contribution in [0.25, 0.3) is 0 Å². The molecular formula is C5H13N2OP. The summed E-state index contributed by atoms with van der Waals surface area (Å²) in [5.41, 5.74) is 5.23. The van der Waals surface area contributed by atoms with Gasteiger partial charge in [-0.25, -0.2) is 5.09 Å². The van der Waals surface area contributed by atoms with Crippen molar-refractivity contribution in [1.29, 1.82) is 0 Å². The van der Waals surface area contributed by atoms with E-state index >= 15 is 0 Å². The molecule has 3 N–H and O–H groups in total. The van der Waals surface area contributed by atoms with Crippen molar-refractivity contribution in [3.63, 3.8) is 0 Å². The molecule has 0 aliphatic rings. The molecule has 0 bridgehead atoms. The minimum absolute atomic E-state index is 0.704. The molecule has 9 heavy (non-hydrogen) atoms. The fourth-order valence-electron chi connectivity index (χ4n) is 0.473. The standard InChI is InChI=1S/C5H13N2OP/c1-9(8)7-5-3-2-4-6/h7H,1-6H2. The van der Waals surface area contributed by atoms with Crippen molar-refractivity contribution >= 4 is 13.9 Å². The lowest BCUT2D eigenvalue weighted by Crippen LogP contribution is -2.06. The first-order valence-electron chi connectivity index (χ1n) is 2.98. The van der Waals surface area contributed by atoms with Gasteiger partial charge in [-0.1, -0.05) is 0 Å². The van der Waals surface area contributed by atoms with E-state index in [9.17, 15) is 4.57 Å². The van der Waals surface area contributed by atoms with E-state index in [-0.39, 0.29) is 0 Å². The Morgan fingerprint density at radius 1 is 1.56 bits per heavy atom. The molecule has 1 atom stereocenters. The summed E-state index contributed by atoms with van der Waals surface area (Å²) in [5, 5.41) is 2.72. The lowest BCUT2D eigenvalue weighted by atomic mass is 10.3. The van der Waals surface area contributed by atoms with Crippen LogP contribution in [0, 0.1) is 0 Å². The third-order valence-corrected chi connectivity index (χ3v) is 1.50. The van der Waals surface area contributed by atoms with Crippen LogP contribution in [0.3, 0.4) is 0 Å². The molecular weight excluding hydrogens is 135 g/mol. The topological polar surface area (TPSA) is 55.1 Å². The Bertz CT molecular complexity index is 114. The van der Waals surface area contributed by atoms with E-state index in [2.05, 4.69) is 11.4 Å². The zero-order valence-electron chi connectivity index (χ0n) is 5.47. The fraction of sp³-hybridized carbons (Fsp3) is 0.800. The maximum atomic E-state index is 10.3. The number of hydrogen-bond donors (Lipinski definition) is 2. The van der Waals surface area contributed by atoms with Crippen molar-refractivity contribution in [2.75, 3.05) is 13.1 Å². The molecule has 0 radical (unpaired) electrons. The van der Waals surface area contributed by atoms with Crippen molar-refractivity contribution in [3.05, 3.63) is 0 Å². The molecule has 0 fully saturated rings. The monoisotopic (exact) mass is 148 g/mol. The number of nitrogens with two attached hydrogens (primary N) is 1. The number of hydrogen-bond acceptors (Lipinski definition) is 2. The molecule has 0 aromatic rings. The van der Waals surface area contributed by atoms with E-state index in [1.807, 2.05) is 0 Å². The van der Waals surface area contributed by atoms with Gasteiger partial charge >= 0.3 is 0 Å². The van der Waals surface area contributed by atoms with E-state index in [1.54, 1.807) is 0 Å². The highest BCUT2D eigenvalue weighted by atomic mass is 31.1. The molecule has 1 unspecified atom stereocenters. The molecule has 0 heterocycles. The number of nitrogens with one attached hydrogen (secondary N) is 1. The van der Waals surface area contributed by atoms with Crippen LogP contribution < -0.4 is 10.8 Å². The van der Waals surface area contributed by atoms with Crippen LogP contribution in [0.5, 0.6) is 0 Å². The molecule has 0 aromatic carbocycles. The second kappa shape index (κ2) is 6.02. The average molecular weight is 148 g/mol. The Balaban J connectivity index is 2.92. The molecule has 0 saturated carbocycles. The molecule has 54 valence electrons. The van der Waals surface area contributed by atoms with E-state index in [1.165, 1.54) is 0 Å². The zero-order chi connectivity index (χ0) is 7.11. The fourth-order valence-corrected chi connectivity index (χ4v) is 0.881. The quantitative estimate of drug-likeness (QED) is 0.440. The third kappa shape index (κ3) is 7.89. The summed E-state index contributed by atoms with van der Waals surface area (Å²) in [5.74, 6) is 0. The summed E-state index contributed by atoms with van der Waals surface area (Å²) < 4.78 is 10.3. The second-order valence-corrected chi connectivity index (χ2v) is 2.86. The van der Waals surface area contributed by atoms with Gasteiger partial charge < -0.3 is 5.73 Å². The largest absolute Gasteiger partial charge is 0.330 e. The van der Waals surface area contributed by atoms with Crippen LogP contribution in [0.1, 0.15) is 12.8 Å². The molecule has 0 spiro atoms. The summed E-state index contributed by atoms with van der Waals surface area (Å²) in [6, 6.07) is 0. The van der Waals surface area contributed by atoms with Crippen molar-refractivity contribution in [3.8, 4) is 0 Å².